The number of nitrogens with zero attached hydrogens (tertiary/aromatic N) is 1. The van der Waals surface area contributed by atoms with Crippen molar-refractivity contribution >= 4 is 18.4 Å². The topological polar surface area (TPSA) is 41.6 Å². The molecule has 1 aliphatic rings. The number of carbonyl (C=O) groups is 1. The molecule has 0 aromatic rings. The number of piperidine rings is 1. The monoisotopic (exact) mass is 264 g/mol. The van der Waals surface area contributed by atoms with Crippen LogP contribution in [0.15, 0.2) is 0 Å². The van der Waals surface area contributed by atoms with Crippen LogP contribution in [0.3, 0.4) is 0 Å². The van der Waals surface area contributed by atoms with Crippen LogP contribution in [0.2, 0.25) is 0 Å². The summed E-state index contributed by atoms with van der Waals surface area (Å²) in [5, 5.41) is 3.40. The van der Waals surface area contributed by atoms with E-state index in [4.69, 9.17) is 4.74 Å². The minimum Gasteiger partial charge on any atom is -0.468 e. The van der Waals surface area contributed by atoms with E-state index in [0.29, 0.717) is 18.5 Å². The normalized spacial score (nSPS) is 20.2. The fourth-order valence-corrected chi connectivity index (χ4v) is 2.10. The Morgan fingerprint density at radius 3 is 2.71 bits per heavy atom. The van der Waals surface area contributed by atoms with E-state index in [9.17, 15) is 4.79 Å². The van der Waals surface area contributed by atoms with Crippen molar-refractivity contribution in [3.05, 3.63) is 0 Å². The number of esters is 1. The summed E-state index contributed by atoms with van der Waals surface area (Å²) in [6.45, 7) is 7.85. The van der Waals surface area contributed by atoms with Crippen LogP contribution in [-0.4, -0.2) is 50.2 Å². The second-order valence-electron chi connectivity index (χ2n) is 4.81. The first-order valence-electron chi connectivity index (χ1n) is 6.15. The average molecular weight is 265 g/mol. The molecule has 0 radical (unpaired) electrons. The van der Waals surface area contributed by atoms with Gasteiger partial charge in [0.2, 0.25) is 0 Å². The Morgan fingerprint density at radius 2 is 2.24 bits per heavy atom. The van der Waals surface area contributed by atoms with Gasteiger partial charge in [-0.25, -0.2) is 0 Å². The van der Waals surface area contributed by atoms with Gasteiger partial charge < -0.3 is 10.1 Å². The van der Waals surface area contributed by atoms with Crippen LogP contribution in [-0.2, 0) is 9.53 Å². The Kier molecular flexibility index (Phi) is 8.56. The first-order valence-corrected chi connectivity index (χ1v) is 6.15. The molecule has 1 fully saturated rings. The summed E-state index contributed by atoms with van der Waals surface area (Å²) in [5.41, 5.74) is 0. The third kappa shape index (κ3) is 6.24. The van der Waals surface area contributed by atoms with Crippen LogP contribution in [0.4, 0.5) is 0 Å². The number of ether oxygens (including phenoxy) is 1. The van der Waals surface area contributed by atoms with Crippen LogP contribution in [0.1, 0.15) is 26.7 Å². The second-order valence-corrected chi connectivity index (χ2v) is 4.81. The van der Waals surface area contributed by atoms with E-state index >= 15 is 0 Å². The first-order chi connectivity index (χ1) is 7.63. The summed E-state index contributed by atoms with van der Waals surface area (Å²) < 4.78 is 4.72. The molecule has 0 amide bonds. The minimum atomic E-state index is -0.141. The van der Waals surface area contributed by atoms with Gasteiger partial charge in [-0.15, -0.1) is 12.4 Å². The van der Waals surface area contributed by atoms with Gasteiger partial charge in [0.1, 0.15) is 0 Å². The minimum absolute atomic E-state index is 0. The molecule has 1 saturated heterocycles. The van der Waals surface area contributed by atoms with E-state index in [0.717, 1.165) is 19.6 Å². The highest BCUT2D eigenvalue weighted by molar-refractivity contribution is 5.85. The van der Waals surface area contributed by atoms with Gasteiger partial charge >= 0.3 is 5.97 Å². The molecule has 1 N–H and O–H groups in total. The SMILES string of the molecule is COC(=O)CN(CC1CCCNC1)C(C)C.Cl. The van der Waals surface area contributed by atoms with Crippen molar-refractivity contribution in [1.29, 1.82) is 0 Å². The summed E-state index contributed by atoms with van der Waals surface area (Å²) in [4.78, 5) is 13.5. The Bertz CT molecular complexity index is 219. The largest absolute Gasteiger partial charge is 0.468 e. The van der Waals surface area contributed by atoms with E-state index in [-0.39, 0.29) is 18.4 Å². The highest BCUT2D eigenvalue weighted by atomic mass is 35.5. The Hall–Kier alpha value is -0.320. The van der Waals surface area contributed by atoms with Crippen molar-refractivity contribution in [2.24, 2.45) is 5.92 Å². The Morgan fingerprint density at radius 1 is 1.53 bits per heavy atom. The highest BCUT2D eigenvalue weighted by Crippen LogP contribution is 2.13. The van der Waals surface area contributed by atoms with E-state index in [2.05, 4.69) is 24.1 Å². The lowest BCUT2D eigenvalue weighted by molar-refractivity contribution is -0.142. The molecule has 0 bridgehead atoms. The molecule has 4 nitrogen and oxygen atoms in total. The zero-order chi connectivity index (χ0) is 12.0. The lowest BCUT2D eigenvalue weighted by atomic mass is 9.98. The average Bonchev–Trinajstić information content (AvgIpc) is 2.29. The van der Waals surface area contributed by atoms with Crippen molar-refractivity contribution in [2.75, 3.05) is 33.3 Å². The molecule has 0 aliphatic carbocycles. The van der Waals surface area contributed by atoms with Crippen LogP contribution in [0.25, 0.3) is 0 Å². The van der Waals surface area contributed by atoms with Crippen LogP contribution in [0, 0.1) is 5.92 Å². The number of hydrogen-bond acceptors (Lipinski definition) is 4. The smallest absolute Gasteiger partial charge is 0.319 e. The predicted octanol–water partition coefficient (Wildman–Crippen LogP) is 1.29. The third-order valence-electron chi connectivity index (χ3n) is 3.18. The van der Waals surface area contributed by atoms with Crippen molar-refractivity contribution in [1.82, 2.24) is 10.2 Å². The number of rotatable bonds is 5. The molecule has 0 aromatic heterocycles. The van der Waals surface area contributed by atoms with Gasteiger partial charge in [0.25, 0.3) is 0 Å². The number of hydrogen-bond donors (Lipinski definition) is 1. The molecule has 0 aromatic carbocycles. The van der Waals surface area contributed by atoms with Crippen LogP contribution < -0.4 is 5.32 Å². The molecular weight excluding hydrogens is 240 g/mol. The van der Waals surface area contributed by atoms with Crippen molar-refractivity contribution in [3.8, 4) is 0 Å². The number of methoxy groups -OCH3 is 1. The van der Waals surface area contributed by atoms with Crippen LogP contribution in [0.5, 0.6) is 0 Å². The van der Waals surface area contributed by atoms with Gasteiger partial charge in [0.05, 0.1) is 13.7 Å². The van der Waals surface area contributed by atoms with Gasteiger partial charge in [-0.3, -0.25) is 9.69 Å². The lowest BCUT2D eigenvalue weighted by Crippen LogP contribution is -2.43. The van der Waals surface area contributed by atoms with Gasteiger partial charge in [0, 0.05) is 12.6 Å². The molecule has 1 heterocycles. The molecule has 0 spiro atoms. The molecule has 1 unspecified atom stereocenters. The van der Waals surface area contributed by atoms with Crippen molar-refractivity contribution in [3.63, 3.8) is 0 Å². The number of nitrogens with one attached hydrogen (secondary N) is 1. The molecule has 102 valence electrons. The summed E-state index contributed by atoms with van der Waals surface area (Å²) in [7, 11) is 1.45. The van der Waals surface area contributed by atoms with E-state index < -0.39 is 0 Å². The maximum Gasteiger partial charge on any atom is 0.319 e. The third-order valence-corrected chi connectivity index (χ3v) is 3.18. The van der Waals surface area contributed by atoms with E-state index in [1.807, 2.05) is 0 Å². The van der Waals surface area contributed by atoms with Gasteiger partial charge in [-0.05, 0) is 45.7 Å². The van der Waals surface area contributed by atoms with E-state index in [1.165, 1.54) is 20.0 Å². The fourth-order valence-electron chi connectivity index (χ4n) is 2.10. The van der Waals surface area contributed by atoms with Crippen LogP contribution >= 0.6 is 12.4 Å². The first kappa shape index (κ1) is 16.7. The fraction of sp³-hybridized carbons (Fsp3) is 0.917. The maximum absolute atomic E-state index is 11.3. The Labute approximate surface area is 110 Å². The molecule has 1 aliphatic heterocycles. The quantitative estimate of drug-likeness (QED) is 0.760. The molecule has 0 saturated carbocycles. The summed E-state index contributed by atoms with van der Waals surface area (Å²) in [6.07, 6.45) is 2.51. The predicted molar refractivity (Wildman–Crippen MR) is 71.6 cm³/mol. The van der Waals surface area contributed by atoms with Gasteiger partial charge in [-0.2, -0.15) is 0 Å². The number of carbonyl (C=O) groups excluding carboxylic acids is 1. The van der Waals surface area contributed by atoms with Crippen molar-refractivity contribution in [2.45, 2.75) is 32.7 Å². The van der Waals surface area contributed by atoms with E-state index in [1.54, 1.807) is 0 Å². The summed E-state index contributed by atoms with van der Waals surface area (Å²) in [5.74, 6) is 0.526. The lowest BCUT2D eigenvalue weighted by Gasteiger charge is -2.31. The molecular formula is C12H25ClN2O2. The summed E-state index contributed by atoms with van der Waals surface area (Å²) in [6, 6.07) is 0.390. The summed E-state index contributed by atoms with van der Waals surface area (Å²) >= 11 is 0. The second kappa shape index (κ2) is 8.72. The molecule has 17 heavy (non-hydrogen) atoms. The zero-order valence-corrected chi connectivity index (χ0v) is 11.9. The van der Waals surface area contributed by atoms with Gasteiger partial charge in [-0.1, -0.05) is 0 Å². The molecule has 5 heteroatoms. The standard InChI is InChI=1S/C12H24N2O2.ClH/c1-10(2)14(9-12(15)16-3)8-11-5-4-6-13-7-11;/h10-11,13H,4-9H2,1-3H3;1H. The molecule has 1 rings (SSSR count). The Balaban J connectivity index is 0.00000256. The van der Waals surface area contributed by atoms with Gasteiger partial charge in [0.15, 0.2) is 0 Å². The number of halogens is 1. The zero-order valence-electron chi connectivity index (χ0n) is 11.1. The molecule has 1 atom stereocenters. The highest BCUT2D eigenvalue weighted by Gasteiger charge is 2.20. The maximum atomic E-state index is 11.3. The van der Waals surface area contributed by atoms with Crippen molar-refractivity contribution < 1.29 is 9.53 Å².